The van der Waals surface area contributed by atoms with Crippen molar-refractivity contribution in [1.29, 1.82) is 0 Å². The number of hydrogen-bond donors (Lipinski definition) is 1. The average molecular weight is 254 g/mol. The lowest BCUT2D eigenvalue weighted by atomic mass is 10.5. The Morgan fingerprint density at radius 2 is 2.29 bits per heavy atom. The van der Waals surface area contributed by atoms with Crippen LogP contribution in [-0.2, 0) is 13.6 Å². The predicted octanol–water partition coefficient (Wildman–Crippen LogP) is 0.303. The summed E-state index contributed by atoms with van der Waals surface area (Å²) in [6.45, 7) is 3.33. The molecule has 0 spiro atoms. The van der Waals surface area contributed by atoms with Gasteiger partial charge in [-0.25, -0.2) is 9.48 Å². The molecule has 2 aromatic heterocycles. The van der Waals surface area contributed by atoms with Gasteiger partial charge < -0.3 is 5.32 Å². The zero-order chi connectivity index (χ0) is 12.3. The Bertz CT molecular complexity index is 542. The molecule has 2 heterocycles. The molecule has 0 saturated heterocycles. The molecule has 7 nitrogen and oxygen atoms in total. The molecule has 17 heavy (non-hydrogen) atoms. The molecule has 0 amide bonds. The Kier molecular flexibility index (Phi) is 3.52. The molecule has 0 aliphatic rings. The number of nitrogens with zero attached hydrogens (tertiary/aromatic N) is 5. The highest BCUT2D eigenvalue weighted by Gasteiger charge is 2.07. The average Bonchev–Trinajstić information content (AvgIpc) is 2.89. The fraction of sp³-hybridized carbons (Fsp3) is 0.556. The Hall–Kier alpha value is -1.70. The second-order valence-electron chi connectivity index (χ2n) is 3.61. The van der Waals surface area contributed by atoms with Gasteiger partial charge in [-0.15, -0.1) is 10.2 Å². The van der Waals surface area contributed by atoms with Crippen molar-refractivity contribution in [3.63, 3.8) is 0 Å². The van der Waals surface area contributed by atoms with E-state index in [0.29, 0.717) is 6.54 Å². The molecular formula is C9H14N6OS. The lowest BCUT2D eigenvalue weighted by Crippen LogP contribution is -2.23. The normalized spacial score (nSPS) is 10.7. The van der Waals surface area contributed by atoms with Gasteiger partial charge in [0.2, 0.25) is 5.13 Å². The molecule has 2 rings (SSSR count). The van der Waals surface area contributed by atoms with E-state index >= 15 is 0 Å². The molecule has 8 heteroatoms. The van der Waals surface area contributed by atoms with E-state index in [2.05, 4.69) is 27.5 Å². The van der Waals surface area contributed by atoms with E-state index in [1.54, 1.807) is 7.05 Å². The molecule has 0 atom stereocenters. The highest BCUT2D eigenvalue weighted by Crippen LogP contribution is 2.15. The molecule has 0 aliphatic heterocycles. The van der Waals surface area contributed by atoms with Gasteiger partial charge in [-0.2, -0.15) is 5.10 Å². The van der Waals surface area contributed by atoms with E-state index in [1.165, 1.54) is 26.9 Å². The quantitative estimate of drug-likeness (QED) is 0.830. The summed E-state index contributed by atoms with van der Waals surface area (Å²) in [5, 5.41) is 16.7. The zero-order valence-corrected chi connectivity index (χ0v) is 10.6. The maximum Gasteiger partial charge on any atom is 0.345 e. The minimum Gasteiger partial charge on any atom is -0.360 e. The fourth-order valence-corrected chi connectivity index (χ4v) is 2.03. The minimum absolute atomic E-state index is 0.150. The minimum atomic E-state index is -0.150. The van der Waals surface area contributed by atoms with Crippen LogP contribution < -0.4 is 11.0 Å². The first-order valence-electron chi connectivity index (χ1n) is 5.35. The third-order valence-corrected chi connectivity index (χ3v) is 3.03. The van der Waals surface area contributed by atoms with Crippen LogP contribution in [0.15, 0.2) is 11.1 Å². The van der Waals surface area contributed by atoms with E-state index in [9.17, 15) is 4.79 Å². The Morgan fingerprint density at radius 1 is 1.47 bits per heavy atom. The number of rotatable bonds is 5. The molecule has 1 N–H and O–H groups in total. The van der Waals surface area contributed by atoms with Gasteiger partial charge in [0.1, 0.15) is 17.9 Å². The third kappa shape index (κ3) is 2.70. The molecule has 0 aliphatic carbocycles. The van der Waals surface area contributed by atoms with Crippen LogP contribution in [0.25, 0.3) is 0 Å². The predicted molar refractivity (Wildman–Crippen MR) is 65.3 cm³/mol. The molecule has 0 bridgehead atoms. The van der Waals surface area contributed by atoms with Crippen molar-refractivity contribution in [2.45, 2.75) is 19.9 Å². The van der Waals surface area contributed by atoms with E-state index in [-0.39, 0.29) is 5.69 Å². The fourth-order valence-electron chi connectivity index (χ4n) is 1.28. The highest BCUT2D eigenvalue weighted by molar-refractivity contribution is 7.15. The number of nitrogens with one attached hydrogen (secondary N) is 1. The van der Waals surface area contributed by atoms with Crippen molar-refractivity contribution in [2.75, 3.05) is 11.9 Å². The van der Waals surface area contributed by atoms with Crippen molar-refractivity contribution in [3.05, 3.63) is 21.8 Å². The lowest BCUT2D eigenvalue weighted by Gasteiger charge is -1.95. The van der Waals surface area contributed by atoms with Crippen LogP contribution in [0.5, 0.6) is 0 Å². The maximum atomic E-state index is 11.6. The molecule has 0 aromatic carbocycles. The van der Waals surface area contributed by atoms with Crippen LogP contribution in [0.4, 0.5) is 5.13 Å². The van der Waals surface area contributed by atoms with Crippen LogP contribution in [0.1, 0.15) is 18.4 Å². The summed E-state index contributed by atoms with van der Waals surface area (Å²) in [4.78, 5) is 11.6. The monoisotopic (exact) mass is 254 g/mol. The van der Waals surface area contributed by atoms with Gasteiger partial charge in [0.15, 0.2) is 0 Å². The second-order valence-corrected chi connectivity index (χ2v) is 4.67. The van der Waals surface area contributed by atoms with Gasteiger partial charge in [0.25, 0.3) is 0 Å². The molecule has 0 fully saturated rings. The molecule has 2 aromatic rings. The second kappa shape index (κ2) is 5.09. The van der Waals surface area contributed by atoms with E-state index in [4.69, 9.17) is 0 Å². The highest BCUT2D eigenvalue weighted by atomic mass is 32.1. The van der Waals surface area contributed by atoms with E-state index in [0.717, 1.165) is 23.1 Å². The van der Waals surface area contributed by atoms with Crippen molar-refractivity contribution in [1.82, 2.24) is 24.5 Å². The topological polar surface area (TPSA) is 77.6 Å². The van der Waals surface area contributed by atoms with Crippen molar-refractivity contribution in [3.8, 4) is 0 Å². The largest absolute Gasteiger partial charge is 0.360 e. The van der Waals surface area contributed by atoms with Crippen LogP contribution in [0.3, 0.4) is 0 Å². The summed E-state index contributed by atoms with van der Waals surface area (Å²) < 4.78 is 2.79. The number of anilines is 1. The van der Waals surface area contributed by atoms with Crippen molar-refractivity contribution >= 4 is 16.5 Å². The molecular weight excluding hydrogens is 240 g/mol. The first-order chi connectivity index (χ1) is 8.20. The Morgan fingerprint density at radius 3 is 2.94 bits per heavy atom. The van der Waals surface area contributed by atoms with Gasteiger partial charge in [-0.05, 0) is 6.42 Å². The summed E-state index contributed by atoms with van der Waals surface area (Å²) in [6.07, 6.45) is 2.52. The third-order valence-electron chi connectivity index (χ3n) is 2.16. The van der Waals surface area contributed by atoms with Gasteiger partial charge in [-0.3, -0.25) is 4.57 Å². The zero-order valence-electron chi connectivity index (χ0n) is 9.75. The number of hydrogen-bond acceptors (Lipinski definition) is 6. The summed E-state index contributed by atoms with van der Waals surface area (Å²) in [5.74, 6) is 0. The molecule has 92 valence electrons. The summed E-state index contributed by atoms with van der Waals surface area (Å²) in [5.41, 5.74) is -0.150. The number of aryl methyl sites for hydroxylation is 1. The number of aromatic nitrogens is 5. The summed E-state index contributed by atoms with van der Waals surface area (Å²) in [6, 6.07) is 0. The summed E-state index contributed by atoms with van der Waals surface area (Å²) >= 11 is 1.44. The van der Waals surface area contributed by atoms with Crippen molar-refractivity contribution in [2.24, 2.45) is 7.05 Å². The van der Waals surface area contributed by atoms with Gasteiger partial charge in [0.05, 0.1) is 0 Å². The van der Waals surface area contributed by atoms with Crippen LogP contribution in [0.2, 0.25) is 0 Å². The molecule has 0 saturated carbocycles. The standard InChI is InChI=1S/C9H14N6OS/c1-3-4-10-8-13-12-7(17-8)5-15-9(16)14(2)6-11-15/h6H,3-5H2,1-2H3,(H,10,13). The molecule has 0 unspecified atom stereocenters. The SMILES string of the molecule is CCCNc1nnc(Cn2ncn(C)c2=O)s1. The molecule has 0 radical (unpaired) electrons. The first-order valence-corrected chi connectivity index (χ1v) is 6.17. The van der Waals surface area contributed by atoms with E-state index < -0.39 is 0 Å². The van der Waals surface area contributed by atoms with Gasteiger partial charge in [-0.1, -0.05) is 18.3 Å². The maximum absolute atomic E-state index is 11.6. The Balaban J connectivity index is 2.06. The Labute approximate surface area is 102 Å². The van der Waals surface area contributed by atoms with Crippen LogP contribution >= 0.6 is 11.3 Å². The van der Waals surface area contributed by atoms with E-state index in [1.807, 2.05) is 0 Å². The van der Waals surface area contributed by atoms with Crippen LogP contribution in [-0.4, -0.2) is 31.1 Å². The first kappa shape index (κ1) is 11.8. The van der Waals surface area contributed by atoms with Gasteiger partial charge >= 0.3 is 5.69 Å². The van der Waals surface area contributed by atoms with Gasteiger partial charge in [0, 0.05) is 13.6 Å². The summed E-state index contributed by atoms with van der Waals surface area (Å²) in [7, 11) is 1.67. The van der Waals surface area contributed by atoms with Crippen molar-refractivity contribution < 1.29 is 0 Å². The smallest absolute Gasteiger partial charge is 0.345 e. The lowest BCUT2D eigenvalue weighted by molar-refractivity contribution is 0.640. The van der Waals surface area contributed by atoms with Crippen LogP contribution in [0, 0.1) is 0 Å².